The van der Waals surface area contributed by atoms with Gasteiger partial charge in [0.2, 0.25) is 0 Å². The molecule has 2 aliphatic heterocycles. The fraction of sp³-hybridized carbons (Fsp3) is 0.500. The summed E-state index contributed by atoms with van der Waals surface area (Å²) in [5.74, 6) is 3.60. The van der Waals surface area contributed by atoms with Crippen LogP contribution in [-0.2, 0) is 18.7 Å². The number of hydrogen-bond acceptors (Lipinski definition) is 5. The number of aryl methyl sites for hydroxylation is 1. The van der Waals surface area contributed by atoms with E-state index in [2.05, 4.69) is 36.8 Å². The Morgan fingerprint density at radius 2 is 1.91 bits per heavy atom. The number of halogens is 1. The average Bonchev–Trinajstić information content (AvgIpc) is 2.79. The summed E-state index contributed by atoms with van der Waals surface area (Å²) < 4.78 is 14.6. The summed E-state index contributed by atoms with van der Waals surface area (Å²) in [6.45, 7) is 2.26. The van der Waals surface area contributed by atoms with Crippen molar-refractivity contribution in [3.63, 3.8) is 0 Å². The van der Waals surface area contributed by atoms with Crippen LogP contribution in [0.2, 0.25) is 0 Å². The third kappa shape index (κ3) is 3.21. The molecule has 5 nitrogen and oxygen atoms in total. The highest BCUT2D eigenvalue weighted by Gasteiger charge is 2.18. The maximum absolute atomic E-state index is 5.67. The minimum atomic E-state index is 0.610. The van der Waals surface area contributed by atoms with Gasteiger partial charge in [0.15, 0.2) is 16.7 Å². The van der Waals surface area contributed by atoms with E-state index in [0.29, 0.717) is 13.2 Å². The summed E-state index contributed by atoms with van der Waals surface area (Å²) in [7, 11) is 0. The number of ether oxygens (including phenoxy) is 2. The Kier molecular flexibility index (Phi) is 4.48. The second-order valence-electron chi connectivity index (χ2n) is 5.74. The lowest BCUT2D eigenvalue weighted by atomic mass is 10.2. The molecule has 0 N–H and O–H groups in total. The summed E-state index contributed by atoms with van der Waals surface area (Å²) in [6.07, 6.45) is 4.76. The van der Waals surface area contributed by atoms with Crippen LogP contribution in [0, 0.1) is 0 Å². The second kappa shape index (κ2) is 6.73. The molecule has 0 saturated heterocycles. The normalized spacial score (nSPS) is 16.7. The highest BCUT2D eigenvalue weighted by atomic mass is 79.9. The van der Waals surface area contributed by atoms with Crippen LogP contribution in [0.4, 0.5) is 0 Å². The molecule has 1 aromatic carbocycles. The lowest BCUT2D eigenvalue weighted by Gasteiger charge is -2.19. The van der Waals surface area contributed by atoms with Crippen molar-refractivity contribution in [2.24, 2.45) is 0 Å². The van der Waals surface area contributed by atoms with Gasteiger partial charge in [0.25, 0.3) is 0 Å². The van der Waals surface area contributed by atoms with Gasteiger partial charge in [0.05, 0.1) is 0 Å². The summed E-state index contributed by atoms with van der Waals surface area (Å²) in [5.41, 5.74) is 1.19. The third-order valence-corrected chi connectivity index (χ3v) is 5.90. The van der Waals surface area contributed by atoms with Crippen molar-refractivity contribution in [2.75, 3.05) is 13.2 Å². The Balaban J connectivity index is 1.52. The van der Waals surface area contributed by atoms with Crippen LogP contribution in [0.1, 0.15) is 30.7 Å². The zero-order valence-corrected chi connectivity index (χ0v) is 15.2. The smallest absolute Gasteiger partial charge is 0.191 e. The molecular formula is C16H18BrN3O2S. The monoisotopic (exact) mass is 395 g/mol. The van der Waals surface area contributed by atoms with Gasteiger partial charge in [-0.2, -0.15) is 0 Å². The van der Waals surface area contributed by atoms with Crippen molar-refractivity contribution in [1.29, 1.82) is 0 Å². The first kappa shape index (κ1) is 15.3. The van der Waals surface area contributed by atoms with E-state index < -0.39 is 0 Å². The van der Waals surface area contributed by atoms with Crippen molar-refractivity contribution in [3.05, 3.63) is 28.0 Å². The van der Waals surface area contributed by atoms with E-state index in [1.54, 1.807) is 11.8 Å². The van der Waals surface area contributed by atoms with E-state index in [1.165, 1.54) is 24.8 Å². The number of aromatic nitrogens is 3. The van der Waals surface area contributed by atoms with Crippen molar-refractivity contribution in [2.45, 2.75) is 43.1 Å². The molecule has 1 aromatic heterocycles. The molecule has 0 saturated carbocycles. The number of nitrogens with zero attached hydrogens (tertiary/aromatic N) is 3. The van der Waals surface area contributed by atoms with E-state index in [-0.39, 0.29) is 0 Å². The van der Waals surface area contributed by atoms with Crippen LogP contribution in [0.25, 0.3) is 0 Å². The van der Waals surface area contributed by atoms with Crippen LogP contribution in [-0.4, -0.2) is 28.0 Å². The Hall–Kier alpha value is -1.21. The molecule has 3 heterocycles. The minimum absolute atomic E-state index is 0.610. The van der Waals surface area contributed by atoms with Crippen molar-refractivity contribution in [1.82, 2.24) is 14.8 Å². The van der Waals surface area contributed by atoms with Crippen LogP contribution in [0.5, 0.6) is 11.5 Å². The summed E-state index contributed by atoms with van der Waals surface area (Å²) in [6, 6.07) is 4.06. The van der Waals surface area contributed by atoms with E-state index in [1.807, 2.05) is 6.07 Å². The average molecular weight is 396 g/mol. The van der Waals surface area contributed by atoms with Gasteiger partial charge in [-0.1, -0.05) is 34.1 Å². The van der Waals surface area contributed by atoms with Gasteiger partial charge in [-0.3, -0.25) is 0 Å². The molecule has 4 rings (SSSR count). The molecule has 0 unspecified atom stereocenters. The van der Waals surface area contributed by atoms with Crippen molar-refractivity contribution < 1.29 is 9.47 Å². The molecule has 0 radical (unpaired) electrons. The SMILES string of the molecule is Brc1cc2c(cc1CSc1nnc3n1CCCCC3)OCCO2. The van der Waals surface area contributed by atoms with Crippen LogP contribution >= 0.6 is 27.7 Å². The van der Waals surface area contributed by atoms with E-state index in [9.17, 15) is 0 Å². The zero-order valence-electron chi connectivity index (χ0n) is 12.8. The van der Waals surface area contributed by atoms with E-state index in [0.717, 1.165) is 45.7 Å². The minimum Gasteiger partial charge on any atom is -0.486 e. The zero-order chi connectivity index (χ0) is 15.6. The molecule has 0 fully saturated rings. The molecule has 7 heteroatoms. The molecular weight excluding hydrogens is 378 g/mol. The van der Waals surface area contributed by atoms with Gasteiger partial charge >= 0.3 is 0 Å². The lowest BCUT2D eigenvalue weighted by Crippen LogP contribution is -2.15. The predicted molar refractivity (Wildman–Crippen MR) is 92.3 cm³/mol. The largest absolute Gasteiger partial charge is 0.486 e. The standard InChI is InChI=1S/C16H18BrN3O2S/c17-12-9-14-13(21-6-7-22-14)8-11(12)10-23-16-19-18-15-4-2-1-3-5-20(15)16/h8-9H,1-7,10H2. The highest BCUT2D eigenvalue weighted by Crippen LogP contribution is 2.37. The summed E-state index contributed by atoms with van der Waals surface area (Å²) in [5, 5.41) is 9.75. The van der Waals surface area contributed by atoms with Crippen LogP contribution in [0.3, 0.4) is 0 Å². The Morgan fingerprint density at radius 3 is 2.78 bits per heavy atom. The fourth-order valence-electron chi connectivity index (χ4n) is 2.92. The van der Waals surface area contributed by atoms with Gasteiger partial charge in [0, 0.05) is 23.2 Å². The van der Waals surface area contributed by atoms with E-state index >= 15 is 0 Å². The maximum atomic E-state index is 5.67. The molecule has 23 heavy (non-hydrogen) atoms. The van der Waals surface area contributed by atoms with Crippen LogP contribution in [0.15, 0.2) is 21.8 Å². The highest BCUT2D eigenvalue weighted by molar-refractivity contribution is 9.10. The molecule has 0 aliphatic carbocycles. The van der Waals surface area contributed by atoms with Crippen molar-refractivity contribution >= 4 is 27.7 Å². The van der Waals surface area contributed by atoms with Gasteiger partial charge < -0.3 is 14.0 Å². The number of benzene rings is 1. The quantitative estimate of drug-likeness (QED) is 0.739. The third-order valence-electron chi connectivity index (χ3n) is 4.14. The van der Waals surface area contributed by atoms with E-state index in [4.69, 9.17) is 9.47 Å². The number of rotatable bonds is 3. The molecule has 0 spiro atoms. The number of fused-ring (bicyclic) bond motifs is 2. The first-order valence-electron chi connectivity index (χ1n) is 7.94. The van der Waals surface area contributed by atoms with Gasteiger partial charge in [-0.15, -0.1) is 10.2 Å². The molecule has 2 aromatic rings. The molecule has 2 aliphatic rings. The predicted octanol–water partition coefficient (Wildman–Crippen LogP) is 3.83. The second-order valence-corrected chi connectivity index (χ2v) is 7.53. The molecule has 0 bridgehead atoms. The number of hydrogen-bond donors (Lipinski definition) is 0. The van der Waals surface area contributed by atoms with Crippen LogP contribution < -0.4 is 9.47 Å². The van der Waals surface area contributed by atoms with Gasteiger partial charge in [0.1, 0.15) is 19.0 Å². The first-order chi connectivity index (χ1) is 11.3. The topological polar surface area (TPSA) is 49.2 Å². The molecule has 0 amide bonds. The van der Waals surface area contributed by atoms with Gasteiger partial charge in [-0.05, 0) is 30.5 Å². The molecule has 122 valence electrons. The maximum Gasteiger partial charge on any atom is 0.191 e. The number of thioether (sulfide) groups is 1. The van der Waals surface area contributed by atoms with Gasteiger partial charge in [-0.25, -0.2) is 0 Å². The Morgan fingerprint density at radius 1 is 1.09 bits per heavy atom. The Labute approximate surface area is 147 Å². The summed E-state index contributed by atoms with van der Waals surface area (Å²) >= 11 is 5.37. The van der Waals surface area contributed by atoms with Crippen molar-refractivity contribution in [3.8, 4) is 11.5 Å². The Bertz CT molecular complexity index is 720. The lowest BCUT2D eigenvalue weighted by molar-refractivity contribution is 0.171. The molecule has 0 atom stereocenters. The summed E-state index contributed by atoms with van der Waals surface area (Å²) in [4.78, 5) is 0. The fourth-order valence-corrected chi connectivity index (χ4v) is 4.55. The first-order valence-corrected chi connectivity index (χ1v) is 9.72.